The highest BCUT2D eigenvalue weighted by molar-refractivity contribution is 6.24. The Hall–Kier alpha value is -3.12. The van der Waals surface area contributed by atoms with Crippen LogP contribution >= 0.6 is 0 Å². The molecule has 1 aliphatic rings. The summed E-state index contributed by atoms with van der Waals surface area (Å²) in [6.45, 7) is 0. The molecule has 0 aliphatic heterocycles. The molecule has 1 aliphatic carbocycles. The van der Waals surface area contributed by atoms with E-state index in [4.69, 9.17) is 9.94 Å². The molecule has 0 unspecified atom stereocenters. The SMILES string of the molecule is COc1ccc(/C(=C\c2ccc(C(=O)NO)cc2)C(=O)NC2CC2)cc1. The van der Waals surface area contributed by atoms with Crippen molar-refractivity contribution in [3.8, 4) is 5.75 Å². The summed E-state index contributed by atoms with van der Waals surface area (Å²) in [6, 6.07) is 14.2. The lowest BCUT2D eigenvalue weighted by molar-refractivity contribution is -0.115. The molecule has 6 nitrogen and oxygen atoms in total. The standard InChI is InChI=1S/C20H20N2O4/c1-26-17-10-6-14(7-11-17)18(20(24)21-16-8-9-16)12-13-2-4-15(5-3-13)19(23)22-25/h2-7,10-12,16,25H,8-9H2,1H3,(H,21,24)(H,22,23)/b18-12+. The van der Waals surface area contributed by atoms with Gasteiger partial charge in [-0.05, 0) is 54.3 Å². The molecule has 0 saturated heterocycles. The zero-order valence-corrected chi connectivity index (χ0v) is 14.4. The van der Waals surface area contributed by atoms with Gasteiger partial charge in [0, 0.05) is 17.2 Å². The second kappa shape index (κ2) is 7.84. The first-order valence-corrected chi connectivity index (χ1v) is 8.32. The highest BCUT2D eigenvalue weighted by atomic mass is 16.5. The number of amides is 2. The van der Waals surface area contributed by atoms with Gasteiger partial charge in [0.1, 0.15) is 5.75 Å². The molecule has 2 aromatic rings. The highest BCUT2D eigenvalue weighted by Gasteiger charge is 2.25. The van der Waals surface area contributed by atoms with Gasteiger partial charge < -0.3 is 10.1 Å². The van der Waals surface area contributed by atoms with E-state index in [9.17, 15) is 9.59 Å². The Bertz CT molecular complexity index is 822. The number of nitrogens with one attached hydrogen (secondary N) is 2. The average Bonchev–Trinajstić information content (AvgIpc) is 3.50. The fraction of sp³-hybridized carbons (Fsp3) is 0.200. The smallest absolute Gasteiger partial charge is 0.274 e. The van der Waals surface area contributed by atoms with E-state index < -0.39 is 5.91 Å². The monoisotopic (exact) mass is 352 g/mol. The third-order valence-electron chi connectivity index (χ3n) is 4.14. The van der Waals surface area contributed by atoms with Crippen LogP contribution in [0.3, 0.4) is 0 Å². The Morgan fingerprint density at radius 2 is 1.65 bits per heavy atom. The van der Waals surface area contributed by atoms with Gasteiger partial charge in [-0.25, -0.2) is 5.48 Å². The number of carbonyl (C=O) groups is 2. The molecule has 6 heteroatoms. The van der Waals surface area contributed by atoms with Gasteiger partial charge in [0.05, 0.1) is 7.11 Å². The van der Waals surface area contributed by atoms with E-state index in [2.05, 4.69) is 5.32 Å². The van der Waals surface area contributed by atoms with E-state index in [1.54, 1.807) is 42.9 Å². The maximum Gasteiger partial charge on any atom is 0.274 e. The van der Waals surface area contributed by atoms with Crippen LogP contribution in [0.1, 0.15) is 34.3 Å². The fourth-order valence-electron chi connectivity index (χ4n) is 2.50. The summed E-state index contributed by atoms with van der Waals surface area (Å²) in [7, 11) is 1.59. The quantitative estimate of drug-likeness (QED) is 0.323. The van der Waals surface area contributed by atoms with E-state index in [0.717, 1.165) is 29.7 Å². The second-order valence-electron chi connectivity index (χ2n) is 6.10. The molecule has 2 amide bonds. The fourth-order valence-corrected chi connectivity index (χ4v) is 2.50. The summed E-state index contributed by atoms with van der Waals surface area (Å²) >= 11 is 0. The molecule has 0 radical (unpaired) electrons. The molecule has 0 aromatic heterocycles. The normalized spacial score (nSPS) is 13.8. The first-order chi connectivity index (χ1) is 12.6. The van der Waals surface area contributed by atoms with Gasteiger partial charge in [0.2, 0.25) is 0 Å². The van der Waals surface area contributed by atoms with Gasteiger partial charge in [-0.1, -0.05) is 24.3 Å². The molecule has 1 saturated carbocycles. The number of benzene rings is 2. The van der Waals surface area contributed by atoms with Crippen LogP contribution in [0.25, 0.3) is 11.6 Å². The first kappa shape index (κ1) is 17.7. The molecular weight excluding hydrogens is 332 g/mol. The van der Waals surface area contributed by atoms with E-state index in [0.29, 0.717) is 11.1 Å². The predicted octanol–water partition coefficient (Wildman–Crippen LogP) is 2.63. The minimum atomic E-state index is -0.581. The number of hydrogen-bond donors (Lipinski definition) is 3. The van der Waals surface area contributed by atoms with Crippen LogP contribution < -0.4 is 15.5 Å². The molecule has 0 spiro atoms. The van der Waals surface area contributed by atoms with Crippen LogP contribution in [0.5, 0.6) is 5.75 Å². The van der Waals surface area contributed by atoms with Gasteiger partial charge in [-0.3, -0.25) is 14.8 Å². The highest BCUT2D eigenvalue weighted by Crippen LogP contribution is 2.25. The van der Waals surface area contributed by atoms with E-state index in [1.807, 2.05) is 24.3 Å². The van der Waals surface area contributed by atoms with Crippen molar-refractivity contribution in [3.63, 3.8) is 0 Å². The van der Waals surface area contributed by atoms with Crippen LogP contribution in [0, 0.1) is 0 Å². The summed E-state index contributed by atoms with van der Waals surface area (Å²) in [4.78, 5) is 24.1. The third-order valence-corrected chi connectivity index (χ3v) is 4.14. The van der Waals surface area contributed by atoms with Gasteiger partial charge in [-0.15, -0.1) is 0 Å². The number of carbonyl (C=O) groups excluding carboxylic acids is 2. The molecule has 2 aromatic carbocycles. The van der Waals surface area contributed by atoms with Crippen LogP contribution in [0.2, 0.25) is 0 Å². The van der Waals surface area contributed by atoms with Crippen molar-refractivity contribution in [2.45, 2.75) is 18.9 Å². The maximum absolute atomic E-state index is 12.7. The lowest BCUT2D eigenvalue weighted by atomic mass is 10.0. The second-order valence-corrected chi connectivity index (χ2v) is 6.10. The zero-order chi connectivity index (χ0) is 18.5. The lowest BCUT2D eigenvalue weighted by Gasteiger charge is -2.10. The Morgan fingerprint density at radius 3 is 2.19 bits per heavy atom. The molecule has 0 heterocycles. The van der Waals surface area contributed by atoms with Crippen molar-refractivity contribution in [2.75, 3.05) is 7.11 Å². The first-order valence-electron chi connectivity index (χ1n) is 8.32. The van der Waals surface area contributed by atoms with Crippen LogP contribution in [-0.4, -0.2) is 30.2 Å². The van der Waals surface area contributed by atoms with Gasteiger partial charge in [0.25, 0.3) is 11.8 Å². The van der Waals surface area contributed by atoms with Crippen molar-refractivity contribution in [3.05, 3.63) is 65.2 Å². The molecule has 3 rings (SSSR count). The number of ether oxygens (including phenoxy) is 1. The number of hydrogen-bond acceptors (Lipinski definition) is 4. The topological polar surface area (TPSA) is 87.7 Å². The average molecular weight is 352 g/mol. The van der Waals surface area contributed by atoms with E-state index >= 15 is 0 Å². The summed E-state index contributed by atoms with van der Waals surface area (Å²) in [5.74, 6) is 0.00676. The van der Waals surface area contributed by atoms with Crippen molar-refractivity contribution < 1.29 is 19.5 Å². The van der Waals surface area contributed by atoms with Crippen molar-refractivity contribution in [2.24, 2.45) is 0 Å². The largest absolute Gasteiger partial charge is 0.497 e. The summed E-state index contributed by atoms with van der Waals surface area (Å²) in [5.41, 5.74) is 4.02. The Labute approximate surface area is 151 Å². The molecule has 1 fully saturated rings. The van der Waals surface area contributed by atoms with Crippen molar-refractivity contribution in [1.29, 1.82) is 0 Å². The minimum Gasteiger partial charge on any atom is -0.497 e. The van der Waals surface area contributed by atoms with E-state index in [-0.39, 0.29) is 11.9 Å². The van der Waals surface area contributed by atoms with Gasteiger partial charge in [-0.2, -0.15) is 0 Å². The van der Waals surface area contributed by atoms with Crippen LogP contribution in [0.15, 0.2) is 48.5 Å². The Balaban J connectivity index is 1.91. The Kier molecular flexibility index (Phi) is 5.34. The van der Waals surface area contributed by atoms with Crippen LogP contribution in [-0.2, 0) is 4.79 Å². The Morgan fingerprint density at radius 1 is 1.04 bits per heavy atom. The molecule has 3 N–H and O–H groups in total. The maximum atomic E-state index is 12.7. The summed E-state index contributed by atoms with van der Waals surface area (Å²) < 4.78 is 5.17. The number of rotatable bonds is 6. The predicted molar refractivity (Wildman–Crippen MR) is 97.7 cm³/mol. The van der Waals surface area contributed by atoms with Gasteiger partial charge in [0.15, 0.2) is 0 Å². The van der Waals surface area contributed by atoms with Crippen molar-refractivity contribution in [1.82, 2.24) is 10.8 Å². The van der Waals surface area contributed by atoms with E-state index in [1.165, 1.54) is 0 Å². The molecule has 0 atom stereocenters. The number of hydroxylamine groups is 1. The third kappa shape index (κ3) is 4.29. The number of methoxy groups -OCH3 is 1. The molecule has 0 bridgehead atoms. The molecule has 26 heavy (non-hydrogen) atoms. The zero-order valence-electron chi connectivity index (χ0n) is 14.4. The van der Waals surface area contributed by atoms with Gasteiger partial charge >= 0.3 is 0 Å². The summed E-state index contributed by atoms with van der Waals surface area (Å²) in [6.07, 6.45) is 3.79. The van der Waals surface area contributed by atoms with Crippen molar-refractivity contribution >= 4 is 23.5 Å². The van der Waals surface area contributed by atoms with Crippen LogP contribution in [0.4, 0.5) is 0 Å². The molecule has 134 valence electrons. The minimum absolute atomic E-state index is 0.130. The lowest BCUT2D eigenvalue weighted by Crippen LogP contribution is -2.26. The molecular formula is C20H20N2O4. The summed E-state index contributed by atoms with van der Waals surface area (Å²) in [5, 5.41) is 11.7.